The molecule has 0 unspecified atom stereocenters. The summed E-state index contributed by atoms with van der Waals surface area (Å²) in [6.45, 7) is 3.04. The Morgan fingerprint density at radius 1 is 1.33 bits per heavy atom. The van der Waals surface area contributed by atoms with Crippen LogP contribution >= 0.6 is 22.9 Å². The number of amides is 1. The average molecular weight is 366 g/mol. The highest BCUT2D eigenvalue weighted by Crippen LogP contribution is 2.37. The third-order valence-electron chi connectivity index (χ3n) is 3.63. The zero-order valence-electron chi connectivity index (χ0n) is 13.1. The quantitative estimate of drug-likeness (QED) is 0.834. The van der Waals surface area contributed by atoms with Crippen molar-refractivity contribution in [3.63, 3.8) is 0 Å². The number of esters is 1. The topological polar surface area (TPSA) is 64.6 Å². The Hall–Kier alpha value is -1.89. The number of carbonyl (C=O) groups excluding carboxylic acids is 2. The number of anilines is 1. The van der Waals surface area contributed by atoms with Crippen molar-refractivity contribution >= 4 is 39.8 Å². The number of hydrogen-bond acceptors (Lipinski definition) is 5. The third kappa shape index (κ3) is 3.45. The van der Waals surface area contributed by atoms with E-state index >= 15 is 0 Å². The van der Waals surface area contributed by atoms with E-state index in [0.29, 0.717) is 40.8 Å². The van der Waals surface area contributed by atoms with Crippen LogP contribution in [0.3, 0.4) is 0 Å². The second kappa shape index (κ2) is 7.34. The van der Waals surface area contributed by atoms with Crippen molar-refractivity contribution in [2.75, 3.05) is 18.5 Å². The van der Waals surface area contributed by atoms with E-state index in [1.807, 2.05) is 0 Å². The second-order valence-electron chi connectivity index (χ2n) is 5.19. The van der Waals surface area contributed by atoms with Gasteiger partial charge in [0.05, 0.1) is 25.4 Å². The molecule has 0 fully saturated rings. The SMILES string of the molecule is CCOC(=O)c1c(NC(=O)c2ccc(Cl)cc2)sc2c1CCOC2. The summed E-state index contributed by atoms with van der Waals surface area (Å²) in [5, 5.41) is 3.88. The lowest BCUT2D eigenvalue weighted by Gasteiger charge is -2.13. The van der Waals surface area contributed by atoms with E-state index in [4.69, 9.17) is 21.1 Å². The van der Waals surface area contributed by atoms with Crippen LogP contribution in [0.1, 0.15) is 38.1 Å². The van der Waals surface area contributed by atoms with Crippen LogP contribution in [0.4, 0.5) is 5.00 Å². The largest absolute Gasteiger partial charge is 0.462 e. The van der Waals surface area contributed by atoms with E-state index in [9.17, 15) is 9.59 Å². The lowest BCUT2D eigenvalue weighted by molar-refractivity contribution is 0.0524. The van der Waals surface area contributed by atoms with Gasteiger partial charge in [-0.15, -0.1) is 11.3 Å². The molecule has 1 amide bonds. The number of hydrogen-bond donors (Lipinski definition) is 1. The Morgan fingerprint density at radius 2 is 2.08 bits per heavy atom. The van der Waals surface area contributed by atoms with E-state index in [2.05, 4.69) is 5.32 Å². The first-order valence-corrected chi connectivity index (χ1v) is 8.76. The van der Waals surface area contributed by atoms with Crippen LogP contribution in [0, 0.1) is 0 Å². The van der Waals surface area contributed by atoms with Crippen LogP contribution in [0.5, 0.6) is 0 Å². The summed E-state index contributed by atoms with van der Waals surface area (Å²) in [4.78, 5) is 25.7. The van der Waals surface area contributed by atoms with Crippen molar-refractivity contribution in [3.8, 4) is 0 Å². The normalized spacial score (nSPS) is 13.2. The van der Waals surface area contributed by atoms with E-state index in [1.165, 1.54) is 11.3 Å². The Labute approximate surface area is 148 Å². The molecule has 0 saturated carbocycles. The number of rotatable bonds is 4. The van der Waals surface area contributed by atoms with Gasteiger partial charge < -0.3 is 14.8 Å². The molecule has 1 aliphatic rings. The smallest absolute Gasteiger partial charge is 0.341 e. The monoisotopic (exact) mass is 365 g/mol. The summed E-state index contributed by atoms with van der Waals surface area (Å²) in [7, 11) is 0. The van der Waals surface area contributed by atoms with Crippen LogP contribution in [0.25, 0.3) is 0 Å². The van der Waals surface area contributed by atoms with E-state index in [-0.39, 0.29) is 12.5 Å². The molecule has 1 aromatic carbocycles. The van der Waals surface area contributed by atoms with Crippen molar-refractivity contribution < 1.29 is 19.1 Å². The van der Waals surface area contributed by atoms with Gasteiger partial charge in [-0.05, 0) is 43.2 Å². The summed E-state index contributed by atoms with van der Waals surface area (Å²) in [5.74, 6) is -0.708. The maximum Gasteiger partial charge on any atom is 0.341 e. The Balaban J connectivity index is 1.91. The fourth-order valence-corrected chi connectivity index (χ4v) is 3.81. The van der Waals surface area contributed by atoms with Gasteiger partial charge in [-0.1, -0.05) is 11.6 Å². The average Bonchev–Trinajstić information content (AvgIpc) is 2.93. The molecule has 0 spiro atoms. The van der Waals surface area contributed by atoms with Gasteiger partial charge in [0.15, 0.2) is 0 Å². The molecule has 0 radical (unpaired) electrons. The van der Waals surface area contributed by atoms with Gasteiger partial charge in [0, 0.05) is 15.5 Å². The molecule has 24 heavy (non-hydrogen) atoms. The van der Waals surface area contributed by atoms with Gasteiger partial charge in [-0.25, -0.2) is 4.79 Å². The fourth-order valence-electron chi connectivity index (χ4n) is 2.52. The minimum atomic E-state index is -0.414. The molecule has 2 heterocycles. The predicted octanol–water partition coefficient (Wildman–Crippen LogP) is 3.90. The zero-order chi connectivity index (χ0) is 17.1. The molecule has 5 nitrogen and oxygen atoms in total. The van der Waals surface area contributed by atoms with Crippen molar-refractivity contribution in [3.05, 3.63) is 50.9 Å². The van der Waals surface area contributed by atoms with Crippen LogP contribution in [-0.2, 0) is 22.5 Å². The van der Waals surface area contributed by atoms with Gasteiger partial charge in [-0.2, -0.15) is 0 Å². The Kier molecular flexibility index (Phi) is 5.18. The highest BCUT2D eigenvalue weighted by Gasteiger charge is 2.27. The third-order valence-corrected chi connectivity index (χ3v) is 5.01. The van der Waals surface area contributed by atoms with Crippen LogP contribution in [0.15, 0.2) is 24.3 Å². The van der Waals surface area contributed by atoms with E-state index in [0.717, 1.165) is 10.4 Å². The van der Waals surface area contributed by atoms with Crippen molar-refractivity contribution in [2.24, 2.45) is 0 Å². The summed E-state index contributed by atoms with van der Waals surface area (Å²) < 4.78 is 10.6. The van der Waals surface area contributed by atoms with Crippen molar-refractivity contribution in [1.82, 2.24) is 0 Å². The highest BCUT2D eigenvalue weighted by atomic mass is 35.5. The van der Waals surface area contributed by atoms with Crippen molar-refractivity contribution in [2.45, 2.75) is 20.0 Å². The number of fused-ring (bicyclic) bond motifs is 1. The Bertz CT molecular complexity index is 770. The second-order valence-corrected chi connectivity index (χ2v) is 6.73. The van der Waals surface area contributed by atoms with Crippen LogP contribution in [0.2, 0.25) is 5.02 Å². The zero-order valence-corrected chi connectivity index (χ0v) is 14.6. The molecule has 0 atom stereocenters. The molecular weight excluding hydrogens is 350 g/mol. The fraction of sp³-hybridized carbons (Fsp3) is 0.294. The molecule has 0 saturated heterocycles. The van der Waals surface area contributed by atoms with Crippen LogP contribution < -0.4 is 5.32 Å². The lowest BCUT2D eigenvalue weighted by atomic mass is 10.1. The summed E-state index contributed by atoms with van der Waals surface area (Å²) in [6, 6.07) is 6.57. The summed E-state index contributed by atoms with van der Waals surface area (Å²) in [6.07, 6.45) is 0.636. The molecule has 7 heteroatoms. The van der Waals surface area contributed by atoms with Crippen molar-refractivity contribution in [1.29, 1.82) is 0 Å². The van der Waals surface area contributed by atoms with E-state index < -0.39 is 5.97 Å². The van der Waals surface area contributed by atoms with Gasteiger partial charge in [0.1, 0.15) is 5.00 Å². The minimum Gasteiger partial charge on any atom is -0.462 e. The van der Waals surface area contributed by atoms with Gasteiger partial charge >= 0.3 is 5.97 Å². The lowest BCUT2D eigenvalue weighted by Crippen LogP contribution is -2.16. The first kappa shape index (κ1) is 17.0. The molecule has 1 N–H and O–H groups in total. The minimum absolute atomic E-state index is 0.282. The predicted molar refractivity (Wildman–Crippen MR) is 93.0 cm³/mol. The number of thiophene rings is 1. The molecule has 3 rings (SSSR count). The molecule has 126 valence electrons. The standard InChI is InChI=1S/C17H16ClNO4S/c1-2-23-17(21)14-12-7-8-22-9-13(12)24-16(14)19-15(20)10-3-5-11(18)6-4-10/h3-6H,2,7-9H2,1H3,(H,19,20). The summed E-state index contributed by atoms with van der Waals surface area (Å²) >= 11 is 7.20. The molecule has 1 aliphatic heterocycles. The maximum atomic E-state index is 12.4. The van der Waals surface area contributed by atoms with Gasteiger partial charge in [0.25, 0.3) is 5.91 Å². The first-order chi connectivity index (χ1) is 11.6. The molecule has 0 aliphatic carbocycles. The Morgan fingerprint density at radius 3 is 2.79 bits per heavy atom. The van der Waals surface area contributed by atoms with Gasteiger partial charge in [0.2, 0.25) is 0 Å². The molecular formula is C17H16ClNO4S. The number of halogens is 1. The first-order valence-electron chi connectivity index (χ1n) is 7.56. The highest BCUT2D eigenvalue weighted by molar-refractivity contribution is 7.17. The van der Waals surface area contributed by atoms with E-state index in [1.54, 1.807) is 31.2 Å². The van der Waals surface area contributed by atoms with Crippen LogP contribution in [-0.4, -0.2) is 25.1 Å². The van der Waals surface area contributed by atoms with Gasteiger partial charge in [-0.3, -0.25) is 4.79 Å². The maximum absolute atomic E-state index is 12.4. The number of nitrogens with one attached hydrogen (secondary N) is 1. The molecule has 2 aromatic rings. The number of ether oxygens (including phenoxy) is 2. The molecule has 0 bridgehead atoms. The summed E-state index contributed by atoms with van der Waals surface area (Å²) in [5.41, 5.74) is 1.83. The number of benzene rings is 1. The molecule has 1 aromatic heterocycles. The number of carbonyl (C=O) groups is 2.